The maximum absolute atomic E-state index is 11.7. The number of aromatic nitrogens is 2. The summed E-state index contributed by atoms with van der Waals surface area (Å²) in [7, 11) is 1.80. The topological polar surface area (TPSA) is 55.1 Å². The van der Waals surface area contributed by atoms with E-state index in [-0.39, 0.29) is 12.2 Å². The molecule has 0 bridgehead atoms. The van der Waals surface area contributed by atoms with Gasteiger partial charge in [-0.25, -0.2) is 0 Å². The van der Waals surface area contributed by atoms with E-state index in [1.165, 1.54) is 0 Å². The molecular formula is C11H18N2O2. The Labute approximate surface area is 89.9 Å². The second kappa shape index (κ2) is 4.14. The second-order valence-electron chi connectivity index (χ2n) is 4.13. The van der Waals surface area contributed by atoms with Crippen LogP contribution in [0.4, 0.5) is 0 Å². The summed E-state index contributed by atoms with van der Waals surface area (Å²) in [6.45, 7) is 5.23. The molecule has 1 heterocycles. The van der Waals surface area contributed by atoms with Crippen LogP contribution < -0.4 is 0 Å². The summed E-state index contributed by atoms with van der Waals surface area (Å²) in [5, 5.41) is 13.9. The van der Waals surface area contributed by atoms with Crippen molar-refractivity contribution in [3.05, 3.63) is 17.5 Å². The van der Waals surface area contributed by atoms with Crippen LogP contribution in [0.1, 0.15) is 31.7 Å². The molecule has 1 unspecified atom stereocenters. The van der Waals surface area contributed by atoms with Crippen LogP contribution >= 0.6 is 0 Å². The number of nitrogens with zero attached hydrogens (tertiary/aromatic N) is 2. The maximum Gasteiger partial charge on any atom is 0.169 e. The summed E-state index contributed by atoms with van der Waals surface area (Å²) in [4.78, 5) is 11.7. The van der Waals surface area contributed by atoms with Gasteiger partial charge in [-0.1, -0.05) is 6.92 Å². The smallest absolute Gasteiger partial charge is 0.169 e. The first-order chi connectivity index (χ1) is 6.86. The van der Waals surface area contributed by atoms with Gasteiger partial charge in [0.1, 0.15) is 5.60 Å². The van der Waals surface area contributed by atoms with Crippen LogP contribution in [-0.2, 0) is 18.3 Å². The van der Waals surface area contributed by atoms with Gasteiger partial charge in [0, 0.05) is 12.7 Å². The maximum atomic E-state index is 11.7. The number of aliphatic hydroxyl groups is 1. The van der Waals surface area contributed by atoms with E-state index in [0.717, 1.165) is 11.4 Å². The first-order valence-electron chi connectivity index (χ1n) is 5.12. The average Bonchev–Trinajstić information content (AvgIpc) is 2.45. The number of hydrogen-bond donors (Lipinski definition) is 1. The van der Waals surface area contributed by atoms with Crippen molar-refractivity contribution in [2.45, 2.75) is 39.2 Å². The lowest BCUT2D eigenvalue weighted by molar-refractivity contribution is -0.135. The van der Waals surface area contributed by atoms with Crippen molar-refractivity contribution >= 4 is 5.78 Å². The fourth-order valence-corrected chi connectivity index (χ4v) is 1.38. The number of carbonyl (C=O) groups is 1. The van der Waals surface area contributed by atoms with Crippen molar-refractivity contribution in [3.63, 3.8) is 0 Å². The van der Waals surface area contributed by atoms with Gasteiger partial charge in [0.05, 0.1) is 12.1 Å². The summed E-state index contributed by atoms with van der Waals surface area (Å²) in [6, 6.07) is 1.86. The Bertz CT molecular complexity index is 367. The summed E-state index contributed by atoms with van der Waals surface area (Å²) < 4.78 is 1.68. The van der Waals surface area contributed by atoms with Crippen molar-refractivity contribution in [2.75, 3.05) is 0 Å². The molecule has 0 aliphatic heterocycles. The molecule has 4 heteroatoms. The van der Waals surface area contributed by atoms with Gasteiger partial charge < -0.3 is 5.11 Å². The third-order valence-electron chi connectivity index (χ3n) is 2.73. The van der Waals surface area contributed by atoms with Gasteiger partial charge in [-0.3, -0.25) is 9.48 Å². The van der Waals surface area contributed by atoms with Crippen LogP contribution in [0.5, 0.6) is 0 Å². The Morgan fingerprint density at radius 1 is 1.67 bits per heavy atom. The van der Waals surface area contributed by atoms with Gasteiger partial charge >= 0.3 is 0 Å². The standard InChI is InChI=1S/C11H18N2O2/c1-5-11(3,15)10(14)7-9-6-8(2)12-13(9)4/h6,15H,5,7H2,1-4H3. The summed E-state index contributed by atoms with van der Waals surface area (Å²) in [5.41, 5.74) is 0.501. The van der Waals surface area contributed by atoms with Gasteiger partial charge in [0.25, 0.3) is 0 Å². The highest BCUT2D eigenvalue weighted by Gasteiger charge is 2.28. The van der Waals surface area contributed by atoms with E-state index < -0.39 is 5.60 Å². The average molecular weight is 210 g/mol. The third-order valence-corrected chi connectivity index (χ3v) is 2.73. The molecule has 15 heavy (non-hydrogen) atoms. The lowest BCUT2D eigenvalue weighted by Crippen LogP contribution is -2.35. The normalized spacial score (nSPS) is 15.0. The monoisotopic (exact) mass is 210 g/mol. The molecule has 0 aliphatic rings. The molecule has 1 rings (SSSR count). The number of hydrogen-bond acceptors (Lipinski definition) is 3. The molecule has 1 atom stereocenters. The molecule has 0 spiro atoms. The Hall–Kier alpha value is -1.16. The number of carbonyl (C=O) groups excluding carboxylic acids is 1. The molecule has 4 nitrogen and oxygen atoms in total. The molecule has 1 aromatic rings. The van der Waals surface area contributed by atoms with Crippen LogP contribution in [0.15, 0.2) is 6.07 Å². The van der Waals surface area contributed by atoms with Crippen LogP contribution in [0.3, 0.4) is 0 Å². The van der Waals surface area contributed by atoms with E-state index in [1.54, 1.807) is 25.6 Å². The predicted octanol–water partition coefficient (Wildman–Crippen LogP) is 1.00. The van der Waals surface area contributed by atoms with Crippen molar-refractivity contribution in [1.29, 1.82) is 0 Å². The van der Waals surface area contributed by atoms with Gasteiger partial charge in [0.15, 0.2) is 5.78 Å². The van der Waals surface area contributed by atoms with E-state index in [1.807, 2.05) is 13.0 Å². The minimum atomic E-state index is -1.22. The highest BCUT2D eigenvalue weighted by Crippen LogP contribution is 2.14. The Kier molecular flexibility index (Phi) is 3.29. The zero-order chi connectivity index (χ0) is 11.6. The van der Waals surface area contributed by atoms with Gasteiger partial charge in [0.2, 0.25) is 0 Å². The minimum Gasteiger partial charge on any atom is -0.382 e. The number of aryl methyl sites for hydroxylation is 2. The molecule has 0 saturated carbocycles. The quantitative estimate of drug-likeness (QED) is 0.806. The first-order valence-corrected chi connectivity index (χ1v) is 5.12. The lowest BCUT2D eigenvalue weighted by atomic mass is 9.94. The Morgan fingerprint density at radius 3 is 2.67 bits per heavy atom. The Balaban J connectivity index is 2.79. The highest BCUT2D eigenvalue weighted by atomic mass is 16.3. The molecule has 0 aromatic carbocycles. The van der Waals surface area contributed by atoms with Gasteiger partial charge in [-0.05, 0) is 26.3 Å². The van der Waals surface area contributed by atoms with Crippen molar-refractivity contribution < 1.29 is 9.90 Å². The van der Waals surface area contributed by atoms with Crippen LogP contribution in [0, 0.1) is 6.92 Å². The summed E-state index contributed by atoms with van der Waals surface area (Å²) >= 11 is 0. The zero-order valence-corrected chi connectivity index (χ0v) is 9.74. The van der Waals surface area contributed by atoms with E-state index in [2.05, 4.69) is 5.10 Å². The second-order valence-corrected chi connectivity index (χ2v) is 4.13. The molecule has 0 aliphatic carbocycles. The van der Waals surface area contributed by atoms with E-state index in [0.29, 0.717) is 6.42 Å². The predicted molar refractivity (Wildman–Crippen MR) is 57.6 cm³/mol. The molecule has 84 valence electrons. The fourth-order valence-electron chi connectivity index (χ4n) is 1.38. The van der Waals surface area contributed by atoms with Crippen molar-refractivity contribution in [3.8, 4) is 0 Å². The minimum absolute atomic E-state index is 0.159. The molecule has 0 saturated heterocycles. The SMILES string of the molecule is CCC(C)(O)C(=O)Cc1cc(C)nn1C. The van der Waals surface area contributed by atoms with Crippen LogP contribution in [0.2, 0.25) is 0 Å². The van der Waals surface area contributed by atoms with Gasteiger partial charge in [-0.15, -0.1) is 0 Å². The van der Waals surface area contributed by atoms with Crippen molar-refractivity contribution in [1.82, 2.24) is 9.78 Å². The van der Waals surface area contributed by atoms with Crippen LogP contribution in [-0.4, -0.2) is 26.3 Å². The molecule has 0 radical (unpaired) electrons. The largest absolute Gasteiger partial charge is 0.382 e. The third kappa shape index (κ3) is 2.65. The molecule has 0 fully saturated rings. The molecule has 0 amide bonds. The summed E-state index contributed by atoms with van der Waals surface area (Å²) in [6.07, 6.45) is 0.668. The number of rotatable bonds is 4. The number of ketones is 1. The van der Waals surface area contributed by atoms with Gasteiger partial charge in [-0.2, -0.15) is 5.10 Å². The first kappa shape index (κ1) is 11.9. The molecule has 1 aromatic heterocycles. The van der Waals surface area contributed by atoms with E-state index >= 15 is 0 Å². The van der Waals surface area contributed by atoms with E-state index in [4.69, 9.17) is 0 Å². The molecular weight excluding hydrogens is 192 g/mol. The van der Waals surface area contributed by atoms with Crippen molar-refractivity contribution in [2.24, 2.45) is 7.05 Å². The highest BCUT2D eigenvalue weighted by molar-refractivity contribution is 5.88. The zero-order valence-electron chi connectivity index (χ0n) is 9.74. The fraction of sp³-hybridized carbons (Fsp3) is 0.636. The summed E-state index contributed by atoms with van der Waals surface area (Å²) in [5.74, 6) is -0.159. The van der Waals surface area contributed by atoms with E-state index in [9.17, 15) is 9.90 Å². The Morgan fingerprint density at radius 2 is 2.27 bits per heavy atom. The number of Topliss-reactive ketones (excluding diaryl/α,β-unsaturated/α-hetero) is 1. The molecule has 1 N–H and O–H groups in total. The van der Waals surface area contributed by atoms with Crippen LogP contribution in [0.25, 0.3) is 0 Å². The lowest BCUT2D eigenvalue weighted by Gasteiger charge is -2.19.